The van der Waals surface area contributed by atoms with E-state index < -0.39 is 5.41 Å². The van der Waals surface area contributed by atoms with Gasteiger partial charge in [-0.15, -0.1) is 0 Å². The standard InChI is InChI=1S/C33H32I4O4/c34-29-13-5-1-9-25(29)17-38-21-33(22-39-18-26-10-2-6-14-30(26)35,23-40-19-27-11-3-7-15-31(27)36)24-41-20-28-12-4-8-16-32(28)37/h1-16H,17-24H2. The molecule has 0 atom stereocenters. The zero-order valence-corrected chi connectivity index (χ0v) is 31.2. The van der Waals surface area contributed by atoms with Crippen molar-refractivity contribution in [3.05, 3.63) is 134 Å². The average Bonchev–Trinajstić information content (AvgIpc) is 2.97. The third kappa shape index (κ3) is 10.9. The first-order chi connectivity index (χ1) is 20.0. The van der Waals surface area contributed by atoms with Gasteiger partial charge in [0.2, 0.25) is 0 Å². The molecule has 0 aliphatic heterocycles. The van der Waals surface area contributed by atoms with Gasteiger partial charge in [-0.2, -0.15) is 0 Å². The van der Waals surface area contributed by atoms with Crippen molar-refractivity contribution in [2.24, 2.45) is 5.41 Å². The summed E-state index contributed by atoms with van der Waals surface area (Å²) in [5.74, 6) is 0. The van der Waals surface area contributed by atoms with Crippen molar-refractivity contribution in [3.8, 4) is 0 Å². The average molecular weight is 1000 g/mol. The molecule has 4 aromatic rings. The molecule has 4 aromatic carbocycles. The Kier molecular flexibility index (Phi) is 14.6. The molecule has 0 aliphatic rings. The van der Waals surface area contributed by atoms with Crippen LogP contribution in [-0.2, 0) is 45.4 Å². The van der Waals surface area contributed by atoms with Gasteiger partial charge in [0.1, 0.15) is 0 Å². The van der Waals surface area contributed by atoms with Crippen molar-refractivity contribution >= 4 is 90.4 Å². The fourth-order valence-corrected chi connectivity index (χ4v) is 6.39. The Morgan fingerprint density at radius 2 is 0.585 bits per heavy atom. The summed E-state index contributed by atoms with van der Waals surface area (Å²) in [4.78, 5) is 0. The highest BCUT2D eigenvalue weighted by atomic mass is 127. The minimum atomic E-state index is -0.499. The summed E-state index contributed by atoms with van der Waals surface area (Å²) < 4.78 is 30.3. The van der Waals surface area contributed by atoms with Gasteiger partial charge in [-0.05, 0) is 137 Å². The van der Waals surface area contributed by atoms with Gasteiger partial charge in [0.05, 0.1) is 58.3 Å². The summed E-state index contributed by atoms with van der Waals surface area (Å²) in [6.45, 7) is 3.86. The highest BCUT2D eigenvalue weighted by molar-refractivity contribution is 14.1. The first-order valence-corrected chi connectivity index (χ1v) is 17.5. The monoisotopic (exact) mass is 1000 g/mol. The molecule has 0 bridgehead atoms. The SMILES string of the molecule is Ic1ccccc1COCC(COCc1ccccc1I)(COCc1ccccc1I)COCc1ccccc1I. The molecule has 41 heavy (non-hydrogen) atoms. The number of halogens is 4. The van der Waals surface area contributed by atoms with Crippen LogP contribution < -0.4 is 0 Å². The van der Waals surface area contributed by atoms with Gasteiger partial charge in [-0.1, -0.05) is 72.8 Å². The predicted octanol–water partition coefficient (Wildman–Crippen LogP) is 9.26. The van der Waals surface area contributed by atoms with E-state index in [0.29, 0.717) is 52.9 Å². The van der Waals surface area contributed by atoms with Gasteiger partial charge in [0.25, 0.3) is 0 Å². The fourth-order valence-electron chi connectivity index (χ4n) is 4.22. The van der Waals surface area contributed by atoms with Crippen LogP contribution in [0.1, 0.15) is 22.3 Å². The van der Waals surface area contributed by atoms with E-state index in [9.17, 15) is 0 Å². The van der Waals surface area contributed by atoms with Crippen LogP contribution in [0.15, 0.2) is 97.1 Å². The first-order valence-electron chi connectivity index (χ1n) is 13.2. The highest BCUT2D eigenvalue weighted by Crippen LogP contribution is 2.26. The van der Waals surface area contributed by atoms with Crippen molar-refractivity contribution in [3.63, 3.8) is 0 Å². The van der Waals surface area contributed by atoms with E-state index in [1.54, 1.807) is 0 Å². The lowest BCUT2D eigenvalue weighted by Crippen LogP contribution is -2.41. The zero-order chi connectivity index (χ0) is 28.9. The molecule has 216 valence electrons. The van der Waals surface area contributed by atoms with Gasteiger partial charge < -0.3 is 18.9 Å². The highest BCUT2D eigenvalue weighted by Gasteiger charge is 2.33. The molecule has 0 unspecified atom stereocenters. The van der Waals surface area contributed by atoms with Gasteiger partial charge in [0.15, 0.2) is 0 Å². The molecule has 0 heterocycles. The summed E-state index contributed by atoms with van der Waals surface area (Å²) in [6.07, 6.45) is 0. The first kappa shape index (κ1) is 33.5. The van der Waals surface area contributed by atoms with E-state index in [1.165, 1.54) is 36.5 Å². The quantitative estimate of drug-likeness (QED) is 0.105. The molecule has 0 aliphatic carbocycles. The molecule has 0 fully saturated rings. The van der Waals surface area contributed by atoms with E-state index in [1.807, 2.05) is 48.5 Å². The molecule has 0 spiro atoms. The Bertz CT molecular complexity index is 1170. The van der Waals surface area contributed by atoms with E-state index >= 15 is 0 Å². The minimum absolute atomic E-state index is 0.446. The predicted molar refractivity (Wildman–Crippen MR) is 198 cm³/mol. The molecule has 8 heteroatoms. The van der Waals surface area contributed by atoms with Crippen LogP contribution in [0, 0.1) is 19.7 Å². The van der Waals surface area contributed by atoms with Gasteiger partial charge >= 0.3 is 0 Å². The van der Waals surface area contributed by atoms with Crippen LogP contribution in [0.2, 0.25) is 0 Å². The summed E-state index contributed by atoms with van der Waals surface area (Å²) in [6, 6.07) is 33.2. The molecule has 0 saturated heterocycles. The van der Waals surface area contributed by atoms with Crippen LogP contribution >= 0.6 is 90.4 Å². The van der Waals surface area contributed by atoms with Gasteiger partial charge in [-0.25, -0.2) is 0 Å². The Balaban J connectivity index is 1.51. The largest absolute Gasteiger partial charge is 0.376 e. The van der Waals surface area contributed by atoms with Crippen LogP contribution in [-0.4, -0.2) is 26.4 Å². The van der Waals surface area contributed by atoms with Crippen molar-refractivity contribution < 1.29 is 18.9 Å². The minimum Gasteiger partial charge on any atom is -0.376 e. The van der Waals surface area contributed by atoms with Crippen LogP contribution in [0.25, 0.3) is 0 Å². The second-order valence-corrected chi connectivity index (χ2v) is 14.5. The van der Waals surface area contributed by atoms with Crippen molar-refractivity contribution in [1.82, 2.24) is 0 Å². The third-order valence-electron chi connectivity index (χ3n) is 6.49. The van der Waals surface area contributed by atoms with Crippen LogP contribution in [0.4, 0.5) is 0 Å². The number of hydrogen-bond donors (Lipinski definition) is 0. The normalized spacial score (nSPS) is 11.6. The van der Waals surface area contributed by atoms with E-state index in [2.05, 4.69) is 139 Å². The van der Waals surface area contributed by atoms with Crippen LogP contribution in [0.5, 0.6) is 0 Å². The lowest BCUT2D eigenvalue weighted by atomic mass is 9.92. The van der Waals surface area contributed by atoms with Crippen molar-refractivity contribution in [1.29, 1.82) is 0 Å². The summed E-state index contributed by atoms with van der Waals surface area (Å²) in [7, 11) is 0. The summed E-state index contributed by atoms with van der Waals surface area (Å²) >= 11 is 9.44. The lowest BCUT2D eigenvalue weighted by molar-refractivity contribution is -0.117. The number of benzene rings is 4. The summed E-state index contributed by atoms with van der Waals surface area (Å²) in [5.41, 5.74) is 4.17. The number of ether oxygens (including phenoxy) is 4. The van der Waals surface area contributed by atoms with Crippen molar-refractivity contribution in [2.45, 2.75) is 26.4 Å². The Morgan fingerprint density at radius 1 is 0.366 bits per heavy atom. The molecule has 0 saturated carbocycles. The molecular formula is C33H32I4O4. The topological polar surface area (TPSA) is 36.9 Å². The maximum atomic E-state index is 6.40. The summed E-state index contributed by atoms with van der Waals surface area (Å²) in [5, 5.41) is 0. The molecular weight excluding hydrogens is 968 g/mol. The molecule has 4 nitrogen and oxygen atoms in total. The maximum absolute atomic E-state index is 6.40. The number of hydrogen-bond acceptors (Lipinski definition) is 4. The second-order valence-electron chi connectivity index (χ2n) is 9.84. The Hall–Kier alpha value is -0.360. The Labute approximate surface area is 297 Å². The fraction of sp³-hybridized carbons (Fsp3) is 0.273. The van der Waals surface area contributed by atoms with Gasteiger partial charge in [0, 0.05) is 14.3 Å². The number of rotatable bonds is 16. The second kappa shape index (κ2) is 17.8. The molecule has 0 radical (unpaired) electrons. The molecule has 4 rings (SSSR count). The maximum Gasteiger partial charge on any atom is 0.0727 e. The van der Waals surface area contributed by atoms with E-state index in [0.717, 1.165) is 0 Å². The lowest BCUT2D eigenvalue weighted by Gasteiger charge is -2.33. The van der Waals surface area contributed by atoms with Gasteiger partial charge in [-0.3, -0.25) is 0 Å². The van der Waals surface area contributed by atoms with E-state index in [4.69, 9.17) is 18.9 Å². The molecule has 0 aromatic heterocycles. The molecule has 0 amide bonds. The molecule has 0 N–H and O–H groups in total. The smallest absolute Gasteiger partial charge is 0.0727 e. The van der Waals surface area contributed by atoms with E-state index in [-0.39, 0.29) is 0 Å². The Morgan fingerprint density at radius 3 is 0.805 bits per heavy atom. The third-order valence-corrected chi connectivity index (χ3v) is 10.7. The van der Waals surface area contributed by atoms with Crippen molar-refractivity contribution in [2.75, 3.05) is 26.4 Å². The van der Waals surface area contributed by atoms with Crippen LogP contribution in [0.3, 0.4) is 0 Å². The zero-order valence-electron chi connectivity index (χ0n) is 22.5.